The zero-order chi connectivity index (χ0) is 27.6. The van der Waals surface area contributed by atoms with E-state index in [1.165, 1.54) is 24.1 Å². The van der Waals surface area contributed by atoms with Crippen LogP contribution in [-0.4, -0.2) is 49.5 Å². The number of anilines is 1. The standard InChI is InChI=1S/C29H28Cl2N2O5/c1-5-38-21-8-6-7-17(13-21)16-33-25(18-9-11-20(12-10-18)32(2)3)24(27(35)29(33)36)26(34)19-14-22(30)28(37-4)23(31)15-19/h6-15,25,34H,5,16H2,1-4H3/b26-24+. The van der Waals surface area contributed by atoms with E-state index in [0.29, 0.717) is 17.9 Å². The van der Waals surface area contributed by atoms with E-state index >= 15 is 0 Å². The number of likely N-dealkylation sites (tertiary alicyclic amines) is 1. The van der Waals surface area contributed by atoms with E-state index < -0.39 is 17.7 Å². The van der Waals surface area contributed by atoms with E-state index in [0.717, 1.165) is 11.3 Å². The highest BCUT2D eigenvalue weighted by Gasteiger charge is 2.46. The molecule has 1 unspecified atom stereocenters. The number of rotatable bonds is 8. The molecule has 1 amide bonds. The molecule has 198 valence electrons. The molecule has 9 heteroatoms. The largest absolute Gasteiger partial charge is 0.507 e. The molecule has 1 saturated heterocycles. The van der Waals surface area contributed by atoms with Gasteiger partial charge in [0, 0.05) is 31.9 Å². The molecular weight excluding hydrogens is 527 g/mol. The van der Waals surface area contributed by atoms with Crippen LogP contribution < -0.4 is 14.4 Å². The van der Waals surface area contributed by atoms with Crippen molar-refractivity contribution in [1.29, 1.82) is 0 Å². The first-order chi connectivity index (χ1) is 18.2. The minimum atomic E-state index is -0.846. The Morgan fingerprint density at radius 1 is 1.03 bits per heavy atom. The number of benzene rings is 3. The van der Waals surface area contributed by atoms with Gasteiger partial charge in [0.25, 0.3) is 11.7 Å². The first kappa shape index (κ1) is 27.4. The summed E-state index contributed by atoms with van der Waals surface area (Å²) in [6.07, 6.45) is 0. The maximum absolute atomic E-state index is 13.4. The fraction of sp³-hybridized carbons (Fsp3) is 0.241. The number of carbonyl (C=O) groups excluding carboxylic acids is 2. The van der Waals surface area contributed by atoms with Gasteiger partial charge in [0.15, 0.2) is 5.75 Å². The quantitative estimate of drug-likeness (QED) is 0.206. The van der Waals surface area contributed by atoms with Crippen molar-refractivity contribution in [2.45, 2.75) is 19.5 Å². The zero-order valence-corrected chi connectivity index (χ0v) is 23.0. The van der Waals surface area contributed by atoms with Gasteiger partial charge in [-0.2, -0.15) is 0 Å². The number of aliphatic hydroxyl groups is 1. The Balaban J connectivity index is 1.86. The molecule has 0 bridgehead atoms. The fourth-order valence-electron chi connectivity index (χ4n) is 4.49. The van der Waals surface area contributed by atoms with Gasteiger partial charge in [-0.05, 0) is 54.4 Å². The van der Waals surface area contributed by atoms with E-state index in [-0.39, 0.29) is 39.2 Å². The van der Waals surface area contributed by atoms with Crippen molar-refractivity contribution in [1.82, 2.24) is 4.90 Å². The monoisotopic (exact) mass is 554 g/mol. The molecule has 1 N–H and O–H groups in total. The summed E-state index contributed by atoms with van der Waals surface area (Å²) in [5.74, 6) is -0.984. The molecule has 1 aliphatic rings. The molecule has 0 spiro atoms. The van der Waals surface area contributed by atoms with Crippen LogP contribution in [0.5, 0.6) is 11.5 Å². The van der Waals surface area contributed by atoms with E-state index in [2.05, 4.69) is 0 Å². The Bertz CT molecular complexity index is 1380. The fourth-order valence-corrected chi connectivity index (χ4v) is 5.13. The zero-order valence-electron chi connectivity index (χ0n) is 21.5. The van der Waals surface area contributed by atoms with E-state index in [9.17, 15) is 14.7 Å². The molecule has 0 saturated carbocycles. The Kier molecular flexibility index (Phi) is 8.19. The summed E-state index contributed by atoms with van der Waals surface area (Å²) < 4.78 is 10.8. The summed E-state index contributed by atoms with van der Waals surface area (Å²) in [6.45, 7) is 2.52. The summed E-state index contributed by atoms with van der Waals surface area (Å²) in [7, 11) is 5.27. The van der Waals surface area contributed by atoms with Gasteiger partial charge in [-0.3, -0.25) is 9.59 Å². The number of methoxy groups -OCH3 is 1. The molecule has 0 aliphatic carbocycles. The average Bonchev–Trinajstić information content (AvgIpc) is 3.13. The van der Waals surface area contributed by atoms with E-state index in [1.807, 2.05) is 74.4 Å². The molecule has 1 heterocycles. The summed E-state index contributed by atoms with van der Waals surface area (Å²) in [5, 5.41) is 11.7. The van der Waals surface area contributed by atoms with Crippen molar-refractivity contribution >= 4 is 46.3 Å². The molecule has 38 heavy (non-hydrogen) atoms. The smallest absolute Gasteiger partial charge is 0.295 e. The van der Waals surface area contributed by atoms with Crippen molar-refractivity contribution in [2.24, 2.45) is 0 Å². The number of carbonyl (C=O) groups is 2. The van der Waals surface area contributed by atoms with Crippen LogP contribution in [0.2, 0.25) is 10.0 Å². The number of hydrogen-bond donors (Lipinski definition) is 1. The normalized spacial score (nSPS) is 16.6. The molecule has 1 fully saturated rings. The van der Waals surface area contributed by atoms with Gasteiger partial charge in [0.2, 0.25) is 0 Å². The van der Waals surface area contributed by atoms with Gasteiger partial charge in [-0.15, -0.1) is 0 Å². The van der Waals surface area contributed by atoms with Gasteiger partial charge in [0.05, 0.1) is 35.4 Å². The van der Waals surface area contributed by atoms with Crippen LogP contribution in [0, 0.1) is 0 Å². The third kappa shape index (κ3) is 5.30. The second-order valence-electron chi connectivity index (χ2n) is 8.97. The third-order valence-electron chi connectivity index (χ3n) is 6.30. The summed E-state index contributed by atoms with van der Waals surface area (Å²) in [4.78, 5) is 30.2. The summed E-state index contributed by atoms with van der Waals surface area (Å²) in [5.41, 5.74) is 2.55. The van der Waals surface area contributed by atoms with Crippen molar-refractivity contribution < 1.29 is 24.2 Å². The number of amides is 1. The lowest BCUT2D eigenvalue weighted by atomic mass is 9.95. The average molecular weight is 555 g/mol. The van der Waals surface area contributed by atoms with Gasteiger partial charge in [-0.25, -0.2) is 0 Å². The number of aliphatic hydroxyl groups excluding tert-OH is 1. The highest BCUT2D eigenvalue weighted by molar-refractivity contribution is 6.46. The van der Waals surface area contributed by atoms with E-state index in [1.54, 1.807) is 0 Å². The Labute approximate surface area is 231 Å². The molecule has 0 aromatic heterocycles. The van der Waals surface area contributed by atoms with Crippen molar-refractivity contribution in [2.75, 3.05) is 32.7 Å². The number of halogens is 2. The SMILES string of the molecule is CCOc1cccc(CN2C(=O)C(=O)/C(=C(/O)c3cc(Cl)c(OC)c(Cl)c3)C2c2ccc(N(C)C)cc2)c1. The third-order valence-corrected chi connectivity index (χ3v) is 6.86. The number of hydrogen-bond acceptors (Lipinski definition) is 6. The predicted molar refractivity (Wildman–Crippen MR) is 149 cm³/mol. The number of Topliss-reactive ketones (excluding diaryl/α,β-unsaturated/α-hetero) is 1. The van der Waals surface area contributed by atoms with Crippen molar-refractivity contribution in [3.8, 4) is 11.5 Å². The summed E-state index contributed by atoms with van der Waals surface area (Å²) >= 11 is 12.6. The Morgan fingerprint density at radius 3 is 2.26 bits per heavy atom. The van der Waals surface area contributed by atoms with Crippen LogP contribution in [0.4, 0.5) is 5.69 Å². The lowest BCUT2D eigenvalue weighted by Gasteiger charge is -2.26. The first-order valence-electron chi connectivity index (χ1n) is 12.0. The highest BCUT2D eigenvalue weighted by atomic mass is 35.5. The van der Waals surface area contributed by atoms with Gasteiger partial charge in [-0.1, -0.05) is 47.5 Å². The van der Waals surface area contributed by atoms with Crippen LogP contribution >= 0.6 is 23.2 Å². The van der Waals surface area contributed by atoms with Gasteiger partial charge >= 0.3 is 0 Å². The van der Waals surface area contributed by atoms with Crippen molar-refractivity contribution in [3.05, 3.63) is 93.0 Å². The van der Waals surface area contributed by atoms with Crippen LogP contribution in [0.3, 0.4) is 0 Å². The summed E-state index contributed by atoms with van der Waals surface area (Å²) in [6, 6.07) is 16.9. The molecule has 4 rings (SSSR count). The predicted octanol–water partition coefficient (Wildman–Crippen LogP) is 6.09. The topological polar surface area (TPSA) is 79.3 Å². The lowest BCUT2D eigenvalue weighted by Crippen LogP contribution is -2.29. The van der Waals surface area contributed by atoms with Gasteiger partial charge < -0.3 is 24.4 Å². The van der Waals surface area contributed by atoms with Crippen LogP contribution in [0.1, 0.15) is 29.7 Å². The highest BCUT2D eigenvalue weighted by Crippen LogP contribution is 2.43. The number of nitrogens with zero attached hydrogens (tertiary/aromatic N) is 2. The molecule has 1 atom stereocenters. The van der Waals surface area contributed by atoms with Crippen LogP contribution in [-0.2, 0) is 16.1 Å². The number of ketones is 1. The van der Waals surface area contributed by atoms with Crippen LogP contribution in [0.15, 0.2) is 66.2 Å². The molecule has 1 aliphatic heterocycles. The molecule has 3 aromatic carbocycles. The lowest BCUT2D eigenvalue weighted by molar-refractivity contribution is -0.140. The maximum Gasteiger partial charge on any atom is 0.295 e. The number of ether oxygens (including phenoxy) is 2. The molecule has 0 radical (unpaired) electrons. The van der Waals surface area contributed by atoms with Crippen molar-refractivity contribution in [3.63, 3.8) is 0 Å². The minimum Gasteiger partial charge on any atom is -0.507 e. The van der Waals surface area contributed by atoms with E-state index in [4.69, 9.17) is 32.7 Å². The second-order valence-corrected chi connectivity index (χ2v) is 9.78. The minimum absolute atomic E-state index is 0.0501. The molecule has 3 aromatic rings. The Morgan fingerprint density at radius 2 is 1.68 bits per heavy atom. The Hall–Kier alpha value is -3.68. The van der Waals surface area contributed by atoms with Crippen LogP contribution in [0.25, 0.3) is 5.76 Å². The molecular formula is C29H28Cl2N2O5. The first-order valence-corrected chi connectivity index (χ1v) is 12.7. The maximum atomic E-state index is 13.4. The second kappa shape index (κ2) is 11.4. The molecule has 7 nitrogen and oxygen atoms in total. The van der Waals surface area contributed by atoms with Gasteiger partial charge in [0.1, 0.15) is 11.5 Å².